The van der Waals surface area contributed by atoms with Crippen LogP contribution in [0.5, 0.6) is 5.75 Å². The van der Waals surface area contributed by atoms with Gasteiger partial charge in [-0.15, -0.1) is 0 Å². The molecule has 18 heavy (non-hydrogen) atoms. The Hall–Kier alpha value is -1.04. The van der Waals surface area contributed by atoms with E-state index in [4.69, 9.17) is 21.4 Å². The minimum absolute atomic E-state index is 0.0684. The van der Waals surface area contributed by atoms with Crippen LogP contribution in [0.25, 0.3) is 5.69 Å². The highest BCUT2D eigenvalue weighted by molar-refractivity contribution is 9.10. The van der Waals surface area contributed by atoms with Crippen molar-refractivity contribution in [1.82, 2.24) is 9.78 Å². The number of benzene rings is 1. The van der Waals surface area contributed by atoms with Gasteiger partial charge < -0.3 is 9.84 Å². The van der Waals surface area contributed by atoms with E-state index in [0.29, 0.717) is 17.2 Å². The largest absolute Gasteiger partial charge is 0.495 e. The van der Waals surface area contributed by atoms with E-state index in [1.165, 1.54) is 0 Å². The Kier molecular flexibility index (Phi) is 4.27. The van der Waals surface area contributed by atoms with Crippen molar-refractivity contribution in [2.45, 2.75) is 6.42 Å². The number of ether oxygens (including phenoxy) is 1. The quantitative estimate of drug-likeness (QED) is 0.937. The molecule has 0 aliphatic carbocycles. The van der Waals surface area contributed by atoms with E-state index in [1.54, 1.807) is 23.9 Å². The number of hydrogen-bond donors (Lipinski definition) is 1. The van der Waals surface area contributed by atoms with Gasteiger partial charge in [-0.2, -0.15) is 5.10 Å². The number of aromatic nitrogens is 2. The molecule has 0 bridgehead atoms. The molecule has 0 aliphatic rings. The number of rotatable bonds is 4. The molecule has 96 valence electrons. The van der Waals surface area contributed by atoms with Gasteiger partial charge in [0.1, 0.15) is 5.75 Å². The lowest BCUT2D eigenvalue weighted by Crippen LogP contribution is -1.98. The van der Waals surface area contributed by atoms with E-state index in [1.807, 2.05) is 12.3 Å². The van der Waals surface area contributed by atoms with Gasteiger partial charge in [-0.25, -0.2) is 4.68 Å². The van der Waals surface area contributed by atoms with E-state index in [2.05, 4.69) is 21.0 Å². The van der Waals surface area contributed by atoms with E-state index in [9.17, 15) is 0 Å². The summed E-state index contributed by atoms with van der Waals surface area (Å²) in [4.78, 5) is 0. The van der Waals surface area contributed by atoms with Gasteiger partial charge in [-0.3, -0.25) is 0 Å². The normalized spacial score (nSPS) is 10.7. The Balaban J connectivity index is 2.36. The molecule has 0 saturated heterocycles. The smallest absolute Gasteiger partial charge is 0.137 e. The van der Waals surface area contributed by atoms with Gasteiger partial charge in [0, 0.05) is 19.2 Å². The third-order valence-corrected chi connectivity index (χ3v) is 3.45. The van der Waals surface area contributed by atoms with Gasteiger partial charge in [-0.1, -0.05) is 11.6 Å². The van der Waals surface area contributed by atoms with Gasteiger partial charge in [-0.05, 0) is 34.1 Å². The summed E-state index contributed by atoms with van der Waals surface area (Å²) in [7, 11) is 1.57. The second-order valence-corrected chi connectivity index (χ2v) is 4.92. The first kappa shape index (κ1) is 13.4. The van der Waals surface area contributed by atoms with E-state index in [-0.39, 0.29) is 6.61 Å². The molecule has 0 unspecified atom stereocenters. The first-order chi connectivity index (χ1) is 8.65. The molecular formula is C12H12BrClN2O2. The molecule has 0 spiro atoms. The lowest BCUT2D eigenvalue weighted by Gasteiger charge is -2.05. The third kappa shape index (κ3) is 2.68. The fourth-order valence-electron chi connectivity index (χ4n) is 1.59. The maximum Gasteiger partial charge on any atom is 0.137 e. The Labute approximate surface area is 118 Å². The summed E-state index contributed by atoms with van der Waals surface area (Å²) in [5.74, 6) is 0.627. The number of nitrogens with zero attached hydrogens (tertiary/aromatic N) is 2. The molecule has 0 amide bonds. The van der Waals surface area contributed by atoms with E-state index in [0.717, 1.165) is 15.9 Å². The van der Waals surface area contributed by atoms with Crippen LogP contribution >= 0.6 is 27.5 Å². The first-order valence-corrected chi connectivity index (χ1v) is 6.51. The number of halogens is 2. The van der Waals surface area contributed by atoms with Crippen molar-refractivity contribution in [1.29, 1.82) is 0 Å². The highest BCUT2D eigenvalue weighted by Crippen LogP contribution is 2.27. The van der Waals surface area contributed by atoms with Crippen LogP contribution in [0.15, 0.2) is 28.9 Å². The highest BCUT2D eigenvalue weighted by Gasteiger charge is 2.09. The van der Waals surface area contributed by atoms with Crippen molar-refractivity contribution < 1.29 is 9.84 Å². The van der Waals surface area contributed by atoms with Crippen LogP contribution < -0.4 is 4.74 Å². The Morgan fingerprint density at radius 3 is 2.89 bits per heavy atom. The molecule has 4 nitrogen and oxygen atoms in total. The van der Waals surface area contributed by atoms with Crippen LogP contribution in [0.1, 0.15) is 5.69 Å². The fourth-order valence-corrected chi connectivity index (χ4v) is 2.32. The van der Waals surface area contributed by atoms with Gasteiger partial charge in [0.2, 0.25) is 0 Å². The van der Waals surface area contributed by atoms with Gasteiger partial charge in [0.15, 0.2) is 0 Å². The SMILES string of the molecule is COc1ccc(-n2cc(Br)c(CCO)n2)cc1Cl. The summed E-state index contributed by atoms with van der Waals surface area (Å²) < 4.78 is 7.67. The number of methoxy groups -OCH3 is 1. The molecule has 0 aliphatic heterocycles. The van der Waals surface area contributed by atoms with Crippen LogP contribution in [0, 0.1) is 0 Å². The molecule has 1 aromatic carbocycles. The zero-order valence-electron chi connectivity index (χ0n) is 9.73. The summed E-state index contributed by atoms with van der Waals surface area (Å²) in [5.41, 5.74) is 1.65. The van der Waals surface area contributed by atoms with Crippen molar-refractivity contribution >= 4 is 27.5 Å². The van der Waals surface area contributed by atoms with Crippen molar-refractivity contribution in [2.24, 2.45) is 0 Å². The molecule has 6 heteroatoms. The number of hydrogen-bond acceptors (Lipinski definition) is 3. The molecule has 0 radical (unpaired) electrons. The summed E-state index contributed by atoms with van der Waals surface area (Å²) in [6.07, 6.45) is 2.35. The molecule has 2 aromatic rings. The molecule has 0 atom stereocenters. The predicted octanol–water partition coefficient (Wildman–Crippen LogP) is 2.83. The van der Waals surface area contributed by atoms with Crippen molar-refractivity contribution in [2.75, 3.05) is 13.7 Å². The van der Waals surface area contributed by atoms with Gasteiger partial charge in [0.25, 0.3) is 0 Å². The lowest BCUT2D eigenvalue weighted by molar-refractivity contribution is 0.298. The molecule has 0 saturated carbocycles. The van der Waals surface area contributed by atoms with Crippen LogP contribution in [0.4, 0.5) is 0 Å². The van der Waals surface area contributed by atoms with Crippen molar-refractivity contribution in [3.8, 4) is 11.4 Å². The molecule has 1 N–H and O–H groups in total. The standard InChI is InChI=1S/C12H12BrClN2O2/c1-18-12-3-2-8(6-10(12)14)16-7-9(13)11(15-16)4-5-17/h2-3,6-7,17H,4-5H2,1H3. The topological polar surface area (TPSA) is 47.3 Å². The molecule has 1 heterocycles. The first-order valence-electron chi connectivity index (χ1n) is 5.34. The summed E-state index contributed by atoms with van der Waals surface area (Å²) in [6.45, 7) is 0.0684. The van der Waals surface area contributed by atoms with Gasteiger partial charge >= 0.3 is 0 Å². The highest BCUT2D eigenvalue weighted by atomic mass is 79.9. The molecule has 1 aromatic heterocycles. The Morgan fingerprint density at radius 1 is 1.50 bits per heavy atom. The van der Waals surface area contributed by atoms with Crippen molar-refractivity contribution in [3.05, 3.63) is 39.6 Å². The summed E-state index contributed by atoms with van der Waals surface area (Å²) >= 11 is 9.48. The van der Waals surface area contributed by atoms with Crippen LogP contribution in [0.3, 0.4) is 0 Å². The van der Waals surface area contributed by atoms with Crippen molar-refractivity contribution in [3.63, 3.8) is 0 Å². The Morgan fingerprint density at radius 2 is 2.28 bits per heavy atom. The maximum absolute atomic E-state index is 8.93. The average Bonchev–Trinajstić information content (AvgIpc) is 2.71. The number of aliphatic hydroxyl groups is 1. The van der Waals surface area contributed by atoms with Crippen LogP contribution in [-0.4, -0.2) is 28.6 Å². The fraction of sp³-hybridized carbons (Fsp3) is 0.250. The average molecular weight is 332 g/mol. The van der Waals surface area contributed by atoms with E-state index >= 15 is 0 Å². The minimum Gasteiger partial charge on any atom is -0.495 e. The Bertz CT molecular complexity index is 557. The van der Waals surface area contributed by atoms with E-state index < -0.39 is 0 Å². The monoisotopic (exact) mass is 330 g/mol. The lowest BCUT2D eigenvalue weighted by atomic mass is 10.3. The van der Waals surface area contributed by atoms with Gasteiger partial charge in [0.05, 0.1) is 28.0 Å². The van der Waals surface area contributed by atoms with Crippen LogP contribution in [0.2, 0.25) is 5.02 Å². The summed E-state index contributed by atoms with van der Waals surface area (Å²) in [6, 6.07) is 5.44. The number of aliphatic hydroxyl groups excluding tert-OH is 1. The van der Waals surface area contributed by atoms with Crippen LogP contribution in [-0.2, 0) is 6.42 Å². The molecule has 0 fully saturated rings. The summed E-state index contributed by atoms with van der Waals surface area (Å²) in [5, 5.41) is 13.8. The minimum atomic E-state index is 0.0684. The molecular weight excluding hydrogens is 320 g/mol. The molecule has 2 rings (SSSR count). The predicted molar refractivity (Wildman–Crippen MR) is 73.6 cm³/mol. The zero-order chi connectivity index (χ0) is 13.1. The maximum atomic E-state index is 8.93. The zero-order valence-corrected chi connectivity index (χ0v) is 12.1. The second kappa shape index (κ2) is 5.73. The third-order valence-electron chi connectivity index (χ3n) is 2.49. The second-order valence-electron chi connectivity index (χ2n) is 3.66.